The summed E-state index contributed by atoms with van der Waals surface area (Å²) in [5, 5.41) is 22.2. The number of aliphatic carboxylic acids is 1. The minimum atomic E-state index is -1.12. The number of amides is 1. The summed E-state index contributed by atoms with van der Waals surface area (Å²) in [5.41, 5.74) is 0.452. The van der Waals surface area contributed by atoms with Gasteiger partial charge in [0.2, 0.25) is 0 Å². The molecule has 0 aliphatic carbocycles. The number of thioether (sulfide) groups is 1. The topological polar surface area (TPSA) is 110 Å². The van der Waals surface area contributed by atoms with E-state index in [0.29, 0.717) is 11.3 Å². The van der Waals surface area contributed by atoms with Gasteiger partial charge in [-0.3, -0.25) is 14.9 Å². The largest absolute Gasteiger partial charge is 0.480 e. The zero-order valence-electron chi connectivity index (χ0n) is 11.7. The Morgan fingerprint density at radius 2 is 2.14 bits per heavy atom. The lowest BCUT2D eigenvalue weighted by Gasteiger charge is -2.14. The van der Waals surface area contributed by atoms with E-state index < -0.39 is 22.8 Å². The monoisotopic (exact) mass is 312 g/mol. The Morgan fingerprint density at radius 1 is 1.48 bits per heavy atom. The van der Waals surface area contributed by atoms with E-state index >= 15 is 0 Å². The molecule has 8 heteroatoms. The fourth-order valence-electron chi connectivity index (χ4n) is 1.70. The second-order valence-corrected chi connectivity index (χ2v) is 5.39. The van der Waals surface area contributed by atoms with E-state index in [-0.39, 0.29) is 17.7 Å². The lowest BCUT2D eigenvalue weighted by molar-refractivity contribution is -0.384. The zero-order chi connectivity index (χ0) is 16.0. The van der Waals surface area contributed by atoms with Crippen molar-refractivity contribution in [1.29, 1.82) is 0 Å². The number of nitro benzene ring substituents is 1. The molecular weight excluding hydrogens is 296 g/mol. The molecule has 1 amide bonds. The van der Waals surface area contributed by atoms with Crippen molar-refractivity contribution < 1.29 is 19.6 Å². The molecule has 0 aliphatic heterocycles. The van der Waals surface area contributed by atoms with Gasteiger partial charge in [-0.2, -0.15) is 11.8 Å². The number of non-ortho nitro benzene ring substituents is 1. The Bertz CT molecular complexity index is 561. The van der Waals surface area contributed by atoms with E-state index in [1.54, 1.807) is 6.92 Å². The number of nitro groups is 1. The second-order valence-electron chi connectivity index (χ2n) is 4.40. The van der Waals surface area contributed by atoms with Crippen molar-refractivity contribution in [1.82, 2.24) is 5.32 Å². The van der Waals surface area contributed by atoms with Crippen LogP contribution in [0.4, 0.5) is 5.69 Å². The number of carbonyl (C=O) groups is 2. The van der Waals surface area contributed by atoms with Gasteiger partial charge in [0.1, 0.15) is 6.04 Å². The third kappa shape index (κ3) is 4.75. The summed E-state index contributed by atoms with van der Waals surface area (Å²) in [4.78, 5) is 33.4. The van der Waals surface area contributed by atoms with E-state index in [2.05, 4.69) is 5.32 Å². The molecule has 0 fully saturated rings. The van der Waals surface area contributed by atoms with E-state index in [0.717, 1.165) is 6.07 Å². The lowest BCUT2D eigenvalue weighted by Crippen LogP contribution is -2.41. The number of carboxylic acid groups (broad SMARTS) is 1. The highest BCUT2D eigenvalue weighted by atomic mass is 32.2. The molecule has 114 valence electrons. The normalized spacial score (nSPS) is 11.7. The van der Waals surface area contributed by atoms with Crippen molar-refractivity contribution in [2.45, 2.75) is 19.4 Å². The highest BCUT2D eigenvalue weighted by Crippen LogP contribution is 2.17. The number of aryl methyl sites for hydroxylation is 1. The summed E-state index contributed by atoms with van der Waals surface area (Å²) in [6, 6.07) is 2.90. The summed E-state index contributed by atoms with van der Waals surface area (Å²) in [6.07, 6.45) is 2.13. The smallest absolute Gasteiger partial charge is 0.326 e. The van der Waals surface area contributed by atoms with Crippen molar-refractivity contribution in [3.63, 3.8) is 0 Å². The molecule has 1 atom stereocenters. The lowest BCUT2D eigenvalue weighted by atomic mass is 10.1. The number of nitrogens with one attached hydrogen (secondary N) is 1. The van der Waals surface area contributed by atoms with Gasteiger partial charge < -0.3 is 10.4 Å². The van der Waals surface area contributed by atoms with Gasteiger partial charge in [0.15, 0.2) is 0 Å². The van der Waals surface area contributed by atoms with Crippen LogP contribution < -0.4 is 5.32 Å². The Balaban J connectivity index is 2.94. The van der Waals surface area contributed by atoms with Crippen LogP contribution in [-0.4, -0.2) is 40.0 Å². The van der Waals surface area contributed by atoms with Crippen molar-refractivity contribution >= 4 is 29.3 Å². The maximum Gasteiger partial charge on any atom is 0.326 e. The van der Waals surface area contributed by atoms with Gasteiger partial charge >= 0.3 is 5.97 Å². The van der Waals surface area contributed by atoms with E-state index in [1.807, 2.05) is 6.26 Å². The molecule has 1 aromatic carbocycles. The molecule has 0 radical (unpaired) electrons. The third-order valence-electron chi connectivity index (χ3n) is 2.89. The first-order valence-corrected chi connectivity index (χ1v) is 7.54. The minimum absolute atomic E-state index is 0.111. The number of nitrogens with zero attached hydrogens (tertiary/aromatic N) is 1. The zero-order valence-corrected chi connectivity index (χ0v) is 12.5. The standard InChI is InChI=1S/C13H16N2O5S/c1-8-3-4-9(15(19)20)7-10(8)12(16)14-11(13(17)18)5-6-21-2/h3-4,7,11H,5-6H2,1-2H3,(H,14,16)(H,17,18)/t11-/m0/s1. The molecule has 21 heavy (non-hydrogen) atoms. The number of carboxylic acids is 1. The van der Waals surface area contributed by atoms with Crippen LogP contribution in [0.1, 0.15) is 22.3 Å². The molecule has 0 aromatic heterocycles. The molecule has 7 nitrogen and oxygen atoms in total. The molecule has 0 bridgehead atoms. The van der Waals surface area contributed by atoms with Crippen molar-refractivity contribution in [2.75, 3.05) is 12.0 Å². The maximum absolute atomic E-state index is 12.1. The summed E-state index contributed by atoms with van der Waals surface area (Å²) >= 11 is 1.48. The van der Waals surface area contributed by atoms with Gasteiger partial charge in [-0.25, -0.2) is 4.79 Å². The van der Waals surface area contributed by atoms with Crippen molar-refractivity contribution in [3.8, 4) is 0 Å². The average molecular weight is 312 g/mol. The van der Waals surface area contributed by atoms with Crippen LogP contribution in [0.3, 0.4) is 0 Å². The van der Waals surface area contributed by atoms with Gasteiger partial charge in [0.25, 0.3) is 11.6 Å². The minimum Gasteiger partial charge on any atom is -0.480 e. The van der Waals surface area contributed by atoms with Crippen LogP contribution in [0.2, 0.25) is 0 Å². The highest BCUT2D eigenvalue weighted by Gasteiger charge is 2.22. The Labute approximate surface area is 125 Å². The van der Waals surface area contributed by atoms with Crippen LogP contribution in [0, 0.1) is 17.0 Å². The van der Waals surface area contributed by atoms with Crippen molar-refractivity contribution in [3.05, 3.63) is 39.4 Å². The Hall–Kier alpha value is -2.09. The second kappa shape index (κ2) is 7.63. The first-order chi connectivity index (χ1) is 9.86. The Kier molecular flexibility index (Phi) is 6.16. The molecule has 2 N–H and O–H groups in total. The molecule has 0 spiro atoms. The highest BCUT2D eigenvalue weighted by molar-refractivity contribution is 7.98. The summed E-state index contributed by atoms with van der Waals surface area (Å²) < 4.78 is 0. The molecule has 0 heterocycles. The van der Waals surface area contributed by atoms with Crippen LogP contribution in [0.15, 0.2) is 18.2 Å². The fraction of sp³-hybridized carbons (Fsp3) is 0.385. The van der Waals surface area contributed by atoms with Gasteiger partial charge in [0, 0.05) is 17.7 Å². The van der Waals surface area contributed by atoms with E-state index in [1.165, 1.54) is 23.9 Å². The average Bonchev–Trinajstić information content (AvgIpc) is 2.42. The van der Waals surface area contributed by atoms with Gasteiger partial charge in [-0.05, 0) is 30.9 Å². The van der Waals surface area contributed by atoms with E-state index in [9.17, 15) is 19.7 Å². The summed E-state index contributed by atoms with van der Waals surface area (Å²) in [5.74, 6) is -1.16. The SMILES string of the molecule is CSCC[C@H](NC(=O)c1cc([N+](=O)[O-])ccc1C)C(=O)O. The van der Waals surface area contributed by atoms with E-state index in [4.69, 9.17) is 5.11 Å². The van der Waals surface area contributed by atoms with Crippen LogP contribution in [0.25, 0.3) is 0 Å². The van der Waals surface area contributed by atoms with Crippen LogP contribution in [-0.2, 0) is 4.79 Å². The molecule has 1 aromatic rings. The predicted molar refractivity (Wildman–Crippen MR) is 79.7 cm³/mol. The summed E-state index contributed by atoms with van der Waals surface area (Å²) in [6.45, 7) is 1.64. The maximum atomic E-state index is 12.1. The predicted octanol–water partition coefficient (Wildman–Crippen LogP) is 1.84. The number of carbonyl (C=O) groups excluding carboxylic acids is 1. The number of benzene rings is 1. The first kappa shape index (κ1) is 17.0. The van der Waals surface area contributed by atoms with Crippen LogP contribution in [0.5, 0.6) is 0 Å². The molecule has 0 saturated heterocycles. The van der Waals surface area contributed by atoms with Gasteiger partial charge in [0.05, 0.1) is 4.92 Å². The quantitative estimate of drug-likeness (QED) is 0.587. The van der Waals surface area contributed by atoms with Crippen LogP contribution >= 0.6 is 11.8 Å². The number of hydrogen-bond acceptors (Lipinski definition) is 5. The third-order valence-corrected chi connectivity index (χ3v) is 3.53. The fourth-order valence-corrected chi connectivity index (χ4v) is 2.17. The molecular formula is C13H16N2O5S. The molecule has 0 aliphatic rings. The van der Waals surface area contributed by atoms with Gasteiger partial charge in [-0.1, -0.05) is 6.07 Å². The Morgan fingerprint density at radius 3 is 2.67 bits per heavy atom. The summed E-state index contributed by atoms with van der Waals surface area (Å²) in [7, 11) is 0. The van der Waals surface area contributed by atoms with Gasteiger partial charge in [-0.15, -0.1) is 0 Å². The number of hydrogen-bond donors (Lipinski definition) is 2. The van der Waals surface area contributed by atoms with Crippen molar-refractivity contribution in [2.24, 2.45) is 0 Å². The first-order valence-electron chi connectivity index (χ1n) is 6.14. The number of rotatable bonds is 7. The molecule has 0 unspecified atom stereocenters. The molecule has 1 rings (SSSR count). The molecule has 0 saturated carbocycles.